The summed E-state index contributed by atoms with van der Waals surface area (Å²) >= 11 is 0. The minimum Gasteiger partial charge on any atom is -0.385 e. The summed E-state index contributed by atoms with van der Waals surface area (Å²) < 4.78 is 0. The van der Waals surface area contributed by atoms with Crippen LogP contribution >= 0.6 is 0 Å². The van der Waals surface area contributed by atoms with Crippen LogP contribution in [0.4, 0.5) is 5.69 Å². The second kappa shape index (κ2) is 5.92. The fourth-order valence-corrected chi connectivity index (χ4v) is 3.54. The van der Waals surface area contributed by atoms with E-state index in [0.717, 1.165) is 35.5 Å². The lowest BCUT2D eigenvalue weighted by Gasteiger charge is -2.21. The Labute approximate surface area is 127 Å². The molecule has 1 amide bonds. The molecule has 2 aliphatic carbocycles. The van der Waals surface area contributed by atoms with Crippen LogP contribution in [0.25, 0.3) is 0 Å². The molecule has 0 saturated heterocycles. The molecule has 0 aliphatic heterocycles. The normalized spacial score (nSPS) is 26.1. The molecule has 3 atom stereocenters. The Balaban J connectivity index is 1.62. The molecule has 1 N–H and O–H groups in total. The highest BCUT2D eigenvalue weighted by Crippen LogP contribution is 2.43. The molecule has 1 saturated carbocycles. The zero-order valence-corrected chi connectivity index (χ0v) is 12.9. The van der Waals surface area contributed by atoms with Gasteiger partial charge in [0.1, 0.15) is 0 Å². The molecule has 2 aliphatic rings. The number of hydrogen-bond acceptors (Lipinski definition) is 2. The average Bonchev–Trinajstić information content (AvgIpc) is 3.08. The molecule has 0 heterocycles. The molecule has 0 spiro atoms. The number of carbonyl (C=O) groups is 1. The Bertz CT molecular complexity index is 550. The molecule has 0 radical (unpaired) electrons. The number of para-hydroxylation sites is 1. The molecule has 3 nitrogen and oxygen atoms in total. The Morgan fingerprint density at radius 2 is 2.05 bits per heavy atom. The van der Waals surface area contributed by atoms with Gasteiger partial charge in [-0.15, -0.1) is 0 Å². The van der Waals surface area contributed by atoms with Crippen molar-refractivity contribution in [3.63, 3.8) is 0 Å². The van der Waals surface area contributed by atoms with E-state index in [9.17, 15) is 4.79 Å². The summed E-state index contributed by atoms with van der Waals surface area (Å²) in [5, 5.41) is 3.58. The van der Waals surface area contributed by atoms with Gasteiger partial charge >= 0.3 is 0 Å². The van der Waals surface area contributed by atoms with Gasteiger partial charge in [0.15, 0.2) is 0 Å². The van der Waals surface area contributed by atoms with Crippen molar-refractivity contribution in [2.24, 2.45) is 17.8 Å². The summed E-state index contributed by atoms with van der Waals surface area (Å²) in [6.45, 7) is 1.01. The minimum atomic E-state index is 0.145. The second-order valence-electron chi connectivity index (χ2n) is 6.54. The van der Waals surface area contributed by atoms with E-state index < -0.39 is 0 Å². The molecular weight excluding hydrogens is 260 g/mol. The second-order valence-corrected chi connectivity index (χ2v) is 6.54. The van der Waals surface area contributed by atoms with Crippen LogP contribution in [0.1, 0.15) is 18.4 Å². The van der Waals surface area contributed by atoms with Crippen molar-refractivity contribution in [3.05, 3.63) is 42.0 Å². The number of anilines is 1. The molecule has 1 fully saturated rings. The third kappa shape index (κ3) is 3.12. The first-order chi connectivity index (χ1) is 10.1. The van der Waals surface area contributed by atoms with Crippen LogP contribution in [0.2, 0.25) is 0 Å². The Hall–Kier alpha value is -1.77. The summed E-state index contributed by atoms with van der Waals surface area (Å²) in [7, 11) is 3.61. The first-order valence-electron chi connectivity index (χ1n) is 7.83. The van der Waals surface area contributed by atoms with E-state index in [1.54, 1.807) is 19.0 Å². The summed E-state index contributed by atoms with van der Waals surface area (Å²) in [5.74, 6) is 2.47. The first kappa shape index (κ1) is 14.2. The van der Waals surface area contributed by atoms with E-state index in [4.69, 9.17) is 0 Å². The summed E-state index contributed by atoms with van der Waals surface area (Å²) in [5.41, 5.74) is 2.20. The number of carbonyl (C=O) groups excluding carboxylic acids is 1. The average molecular weight is 284 g/mol. The van der Waals surface area contributed by atoms with Crippen LogP contribution in [-0.4, -0.2) is 31.4 Å². The van der Waals surface area contributed by atoms with E-state index in [-0.39, 0.29) is 5.91 Å². The highest BCUT2D eigenvalue weighted by atomic mass is 16.2. The van der Waals surface area contributed by atoms with E-state index >= 15 is 0 Å². The summed E-state index contributed by atoms with van der Waals surface area (Å²) in [4.78, 5) is 13.6. The van der Waals surface area contributed by atoms with Crippen LogP contribution in [0.5, 0.6) is 0 Å². The van der Waals surface area contributed by atoms with Crippen LogP contribution < -0.4 is 5.32 Å². The zero-order valence-electron chi connectivity index (χ0n) is 12.9. The van der Waals surface area contributed by atoms with Crippen LogP contribution in [0.3, 0.4) is 0 Å². The quantitative estimate of drug-likeness (QED) is 0.843. The highest BCUT2D eigenvalue weighted by molar-refractivity contribution is 5.80. The number of amides is 1. The highest BCUT2D eigenvalue weighted by Gasteiger charge is 2.35. The third-order valence-corrected chi connectivity index (χ3v) is 4.83. The molecular formula is C18H24N2O. The van der Waals surface area contributed by atoms with Crippen LogP contribution in [-0.2, 0) is 11.2 Å². The maximum absolute atomic E-state index is 11.9. The van der Waals surface area contributed by atoms with E-state index in [1.165, 1.54) is 12.8 Å². The van der Waals surface area contributed by atoms with Gasteiger partial charge in [-0.05, 0) is 42.2 Å². The maximum atomic E-state index is 11.9. The number of benzene rings is 1. The summed E-state index contributed by atoms with van der Waals surface area (Å²) in [6, 6.07) is 8.17. The van der Waals surface area contributed by atoms with E-state index in [2.05, 4.69) is 23.5 Å². The molecule has 3 heteroatoms. The summed E-state index contributed by atoms with van der Waals surface area (Å²) in [6.07, 6.45) is 7.89. The van der Waals surface area contributed by atoms with Gasteiger partial charge in [0.05, 0.1) is 6.42 Å². The van der Waals surface area contributed by atoms with Gasteiger partial charge in [0.25, 0.3) is 0 Å². The van der Waals surface area contributed by atoms with Crippen LogP contribution in [0, 0.1) is 17.8 Å². The number of rotatable bonds is 5. The van der Waals surface area contributed by atoms with Crippen molar-refractivity contribution >= 4 is 11.6 Å². The molecule has 2 bridgehead atoms. The van der Waals surface area contributed by atoms with Crippen molar-refractivity contribution in [2.75, 3.05) is 26.0 Å². The minimum absolute atomic E-state index is 0.145. The lowest BCUT2D eigenvalue weighted by molar-refractivity contribution is -0.127. The Morgan fingerprint density at radius 3 is 2.71 bits per heavy atom. The Morgan fingerprint density at radius 1 is 1.24 bits per heavy atom. The van der Waals surface area contributed by atoms with Gasteiger partial charge in [-0.1, -0.05) is 30.4 Å². The Kier molecular flexibility index (Phi) is 4.00. The molecule has 3 unspecified atom stereocenters. The first-order valence-corrected chi connectivity index (χ1v) is 7.83. The monoisotopic (exact) mass is 284 g/mol. The van der Waals surface area contributed by atoms with Gasteiger partial charge < -0.3 is 10.2 Å². The van der Waals surface area contributed by atoms with E-state index in [0.29, 0.717) is 6.42 Å². The largest absolute Gasteiger partial charge is 0.385 e. The van der Waals surface area contributed by atoms with Gasteiger partial charge in [-0.2, -0.15) is 0 Å². The van der Waals surface area contributed by atoms with Crippen molar-refractivity contribution in [1.82, 2.24) is 4.90 Å². The van der Waals surface area contributed by atoms with Crippen molar-refractivity contribution < 1.29 is 4.79 Å². The molecule has 1 aromatic rings. The van der Waals surface area contributed by atoms with E-state index in [1.807, 2.05) is 18.2 Å². The SMILES string of the molecule is CN(C)C(=O)Cc1ccccc1NCC1CC2C=CC1C2. The zero-order chi connectivity index (χ0) is 14.8. The van der Waals surface area contributed by atoms with Crippen molar-refractivity contribution in [2.45, 2.75) is 19.3 Å². The number of likely N-dealkylation sites (N-methyl/N-ethyl adjacent to an activating group) is 1. The molecule has 0 aromatic heterocycles. The number of allylic oxidation sites excluding steroid dienone is 2. The van der Waals surface area contributed by atoms with Gasteiger partial charge in [-0.3, -0.25) is 4.79 Å². The van der Waals surface area contributed by atoms with Crippen molar-refractivity contribution in [3.8, 4) is 0 Å². The number of nitrogens with zero attached hydrogens (tertiary/aromatic N) is 1. The number of fused-ring (bicyclic) bond motifs is 2. The third-order valence-electron chi connectivity index (χ3n) is 4.83. The topological polar surface area (TPSA) is 32.3 Å². The van der Waals surface area contributed by atoms with Crippen molar-refractivity contribution in [1.29, 1.82) is 0 Å². The number of nitrogens with one attached hydrogen (secondary N) is 1. The lowest BCUT2D eigenvalue weighted by Crippen LogP contribution is -2.24. The van der Waals surface area contributed by atoms with Gasteiger partial charge in [-0.25, -0.2) is 0 Å². The fourth-order valence-electron chi connectivity index (χ4n) is 3.54. The molecule has 112 valence electrons. The lowest BCUT2D eigenvalue weighted by atomic mass is 9.93. The number of hydrogen-bond donors (Lipinski definition) is 1. The predicted molar refractivity (Wildman–Crippen MR) is 86.2 cm³/mol. The fraction of sp³-hybridized carbons (Fsp3) is 0.500. The predicted octanol–water partition coefficient (Wildman–Crippen LogP) is 2.94. The molecule has 21 heavy (non-hydrogen) atoms. The standard InChI is InChI=1S/C18H24N2O/c1-20(2)18(21)11-15-5-3-4-6-17(15)19-12-16-10-13-7-8-14(16)9-13/h3-8,13-14,16,19H,9-12H2,1-2H3. The molecule has 1 aromatic carbocycles. The smallest absolute Gasteiger partial charge is 0.226 e. The van der Waals surface area contributed by atoms with Gasteiger partial charge in [0, 0.05) is 26.3 Å². The maximum Gasteiger partial charge on any atom is 0.226 e. The molecule has 3 rings (SSSR count). The van der Waals surface area contributed by atoms with Gasteiger partial charge in [0.2, 0.25) is 5.91 Å². The van der Waals surface area contributed by atoms with Crippen LogP contribution in [0.15, 0.2) is 36.4 Å².